The average Bonchev–Trinajstić information content (AvgIpc) is 3.03. The Morgan fingerprint density at radius 1 is 1.32 bits per heavy atom. The van der Waals surface area contributed by atoms with Gasteiger partial charge in [-0.3, -0.25) is 0 Å². The highest BCUT2D eigenvalue weighted by Crippen LogP contribution is 2.31. The van der Waals surface area contributed by atoms with Gasteiger partial charge < -0.3 is 5.32 Å². The van der Waals surface area contributed by atoms with Crippen molar-refractivity contribution in [3.63, 3.8) is 0 Å². The van der Waals surface area contributed by atoms with Crippen LogP contribution in [0.2, 0.25) is 0 Å². The molecule has 0 spiro atoms. The molecule has 0 radical (unpaired) electrons. The van der Waals surface area contributed by atoms with Crippen LogP contribution in [-0.4, -0.2) is 47.3 Å². The molecule has 11 heteroatoms. The van der Waals surface area contributed by atoms with Gasteiger partial charge in [0, 0.05) is 25.6 Å². The number of aryl methyl sites for hydroxylation is 1. The summed E-state index contributed by atoms with van der Waals surface area (Å²) < 4.78 is 61.3. The number of rotatable bonds is 4. The van der Waals surface area contributed by atoms with Crippen LogP contribution in [0, 0.1) is 0 Å². The van der Waals surface area contributed by atoms with Crippen molar-refractivity contribution in [1.29, 1.82) is 0 Å². The Kier molecular flexibility index (Phi) is 4.91. The summed E-state index contributed by atoms with van der Waals surface area (Å²) in [6.07, 6.45) is 1.24. The standard InChI is InChI=1S/C14H17F3N4O2S2/c1-2-11-19-12(10-5-8-24-13(10)20-11)18-9-3-6-21(7-4-9)25(22,23)14(15,16)17/h5,8-9H,2-4,6-7H2,1H3,(H,18,19,20). The maximum atomic E-state index is 12.6. The lowest BCUT2D eigenvalue weighted by molar-refractivity contribution is -0.0494. The lowest BCUT2D eigenvalue weighted by Crippen LogP contribution is -2.47. The Hall–Kier alpha value is -1.46. The van der Waals surface area contributed by atoms with E-state index in [0.717, 1.165) is 10.2 Å². The van der Waals surface area contributed by atoms with Gasteiger partial charge in [-0.25, -0.2) is 18.4 Å². The van der Waals surface area contributed by atoms with E-state index in [9.17, 15) is 21.6 Å². The molecule has 0 saturated carbocycles. The van der Waals surface area contributed by atoms with Crippen molar-refractivity contribution in [3.8, 4) is 0 Å². The molecule has 0 amide bonds. The average molecular weight is 394 g/mol. The van der Waals surface area contributed by atoms with E-state index in [2.05, 4.69) is 15.3 Å². The van der Waals surface area contributed by atoms with Crippen molar-refractivity contribution in [1.82, 2.24) is 14.3 Å². The summed E-state index contributed by atoms with van der Waals surface area (Å²) in [7, 11) is -5.25. The molecule has 0 atom stereocenters. The van der Waals surface area contributed by atoms with E-state index >= 15 is 0 Å². The molecule has 0 aliphatic carbocycles. The summed E-state index contributed by atoms with van der Waals surface area (Å²) in [5, 5.41) is 6.02. The highest BCUT2D eigenvalue weighted by molar-refractivity contribution is 7.90. The quantitative estimate of drug-likeness (QED) is 0.863. The maximum absolute atomic E-state index is 12.6. The molecular formula is C14H17F3N4O2S2. The SMILES string of the molecule is CCc1nc(NC2CCN(S(=O)(=O)C(F)(F)F)CC2)c2ccsc2n1. The number of sulfonamides is 1. The van der Waals surface area contributed by atoms with Crippen LogP contribution in [0.5, 0.6) is 0 Å². The first-order chi connectivity index (χ1) is 11.7. The summed E-state index contributed by atoms with van der Waals surface area (Å²) in [5.74, 6) is 1.34. The summed E-state index contributed by atoms with van der Waals surface area (Å²) in [5.41, 5.74) is -5.25. The van der Waals surface area contributed by atoms with E-state index < -0.39 is 15.5 Å². The van der Waals surface area contributed by atoms with Gasteiger partial charge in [0.15, 0.2) is 0 Å². The fourth-order valence-corrected chi connectivity index (χ4v) is 4.52. The smallest absolute Gasteiger partial charge is 0.367 e. The summed E-state index contributed by atoms with van der Waals surface area (Å²) in [6.45, 7) is 1.61. The predicted octanol–water partition coefficient (Wildman–Crippen LogP) is 2.98. The molecule has 25 heavy (non-hydrogen) atoms. The molecule has 0 unspecified atom stereocenters. The Morgan fingerprint density at radius 3 is 2.60 bits per heavy atom. The van der Waals surface area contributed by atoms with Gasteiger partial charge in [-0.2, -0.15) is 17.5 Å². The van der Waals surface area contributed by atoms with E-state index in [4.69, 9.17) is 0 Å². The fraction of sp³-hybridized carbons (Fsp3) is 0.571. The number of nitrogens with one attached hydrogen (secondary N) is 1. The molecule has 3 heterocycles. The molecule has 0 bridgehead atoms. The number of nitrogens with zero attached hydrogens (tertiary/aromatic N) is 3. The van der Waals surface area contributed by atoms with Crippen molar-refractivity contribution in [2.24, 2.45) is 0 Å². The molecule has 1 aliphatic heterocycles. The first-order valence-corrected chi connectivity index (χ1v) is 10.1. The molecular weight excluding hydrogens is 377 g/mol. The lowest BCUT2D eigenvalue weighted by Gasteiger charge is -2.32. The maximum Gasteiger partial charge on any atom is 0.511 e. The van der Waals surface area contributed by atoms with Gasteiger partial charge in [0.05, 0.1) is 5.39 Å². The Labute approximate surface area is 147 Å². The van der Waals surface area contributed by atoms with E-state index in [0.29, 0.717) is 22.4 Å². The van der Waals surface area contributed by atoms with Crippen LogP contribution < -0.4 is 5.32 Å². The number of fused-ring (bicyclic) bond motifs is 1. The molecule has 1 saturated heterocycles. The van der Waals surface area contributed by atoms with Crippen LogP contribution in [0.25, 0.3) is 10.2 Å². The third-order valence-electron chi connectivity index (χ3n) is 4.11. The number of hydrogen-bond donors (Lipinski definition) is 1. The van der Waals surface area contributed by atoms with E-state index in [1.54, 1.807) is 0 Å². The number of aromatic nitrogens is 2. The second-order valence-corrected chi connectivity index (χ2v) is 8.57. The van der Waals surface area contributed by atoms with Crippen LogP contribution in [0.4, 0.5) is 19.0 Å². The highest BCUT2D eigenvalue weighted by Gasteiger charge is 2.50. The second kappa shape index (κ2) is 6.69. The van der Waals surface area contributed by atoms with Crippen LogP contribution in [0.15, 0.2) is 11.4 Å². The zero-order chi connectivity index (χ0) is 18.2. The second-order valence-electron chi connectivity index (χ2n) is 5.75. The molecule has 1 fully saturated rings. The first kappa shape index (κ1) is 18.3. The third kappa shape index (κ3) is 3.58. The van der Waals surface area contributed by atoms with Crippen LogP contribution in [-0.2, 0) is 16.4 Å². The van der Waals surface area contributed by atoms with Crippen molar-refractivity contribution in [2.45, 2.75) is 37.7 Å². The number of piperidine rings is 1. The minimum atomic E-state index is -5.25. The molecule has 1 N–H and O–H groups in total. The van der Waals surface area contributed by atoms with Crippen LogP contribution in [0.3, 0.4) is 0 Å². The topological polar surface area (TPSA) is 75.2 Å². The third-order valence-corrected chi connectivity index (χ3v) is 6.55. The van der Waals surface area contributed by atoms with Crippen LogP contribution in [0.1, 0.15) is 25.6 Å². The Morgan fingerprint density at radius 2 is 2.00 bits per heavy atom. The minimum absolute atomic E-state index is 0.137. The Balaban J connectivity index is 1.72. The predicted molar refractivity (Wildman–Crippen MR) is 90.0 cm³/mol. The zero-order valence-corrected chi connectivity index (χ0v) is 15.0. The normalized spacial score (nSPS) is 17.9. The molecule has 0 aromatic carbocycles. The summed E-state index contributed by atoms with van der Waals surface area (Å²) in [4.78, 5) is 9.75. The van der Waals surface area contributed by atoms with Gasteiger partial charge in [-0.05, 0) is 24.3 Å². The van der Waals surface area contributed by atoms with Crippen LogP contribution >= 0.6 is 11.3 Å². The first-order valence-electron chi connectivity index (χ1n) is 7.79. The molecule has 2 aromatic heterocycles. The van der Waals surface area contributed by atoms with Crippen molar-refractivity contribution in [3.05, 3.63) is 17.3 Å². The summed E-state index contributed by atoms with van der Waals surface area (Å²) in [6, 6.07) is 1.76. The number of anilines is 1. The molecule has 138 valence electrons. The zero-order valence-electron chi connectivity index (χ0n) is 13.4. The van der Waals surface area contributed by atoms with Gasteiger partial charge in [0.25, 0.3) is 0 Å². The number of hydrogen-bond acceptors (Lipinski definition) is 6. The van der Waals surface area contributed by atoms with Gasteiger partial charge in [-0.1, -0.05) is 6.92 Å². The van der Waals surface area contributed by atoms with E-state index in [1.807, 2.05) is 18.4 Å². The monoisotopic (exact) mass is 394 g/mol. The number of thiophene rings is 1. The minimum Gasteiger partial charge on any atom is -0.367 e. The lowest BCUT2D eigenvalue weighted by atomic mass is 10.1. The molecule has 6 nitrogen and oxygen atoms in total. The van der Waals surface area contributed by atoms with E-state index in [-0.39, 0.29) is 32.0 Å². The van der Waals surface area contributed by atoms with Gasteiger partial charge in [0.1, 0.15) is 16.5 Å². The molecule has 2 aromatic rings. The van der Waals surface area contributed by atoms with Gasteiger partial charge in [0.2, 0.25) is 0 Å². The fourth-order valence-electron chi connectivity index (χ4n) is 2.75. The molecule has 3 rings (SSSR count). The van der Waals surface area contributed by atoms with Crippen molar-refractivity contribution in [2.75, 3.05) is 18.4 Å². The summed E-state index contributed by atoms with van der Waals surface area (Å²) >= 11 is 1.50. The van der Waals surface area contributed by atoms with Crippen molar-refractivity contribution >= 4 is 37.4 Å². The Bertz CT molecular complexity index is 859. The van der Waals surface area contributed by atoms with Gasteiger partial charge in [-0.15, -0.1) is 11.3 Å². The van der Waals surface area contributed by atoms with Gasteiger partial charge >= 0.3 is 15.5 Å². The van der Waals surface area contributed by atoms with E-state index in [1.165, 1.54) is 11.3 Å². The highest BCUT2D eigenvalue weighted by atomic mass is 32.2. The van der Waals surface area contributed by atoms with Crippen molar-refractivity contribution < 1.29 is 21.6 Å². The molecule has 1 aliphatic rings. The number of alkyl halides is 3. The largest absolute Gasteiger partial charge is 0.511 e. The number of halogens is 3.